The second-order valence-electron chi connectivity index (χ2n) is 5.44. The second kappa shape index (κ2) is 5.22. The van der Waals surface area contributed by atoms with E-state index in [1.54, 1.807) is 0 Å². The highest BCUT2D eigenvalue weighted by molar-refractivity contribution is 6.04. The van der Waals surface area contributed by atoms with Crippen LogP contribution in [0.15, 0.2) is 60.7 Å². The Morgan fingerprint density at radius 2 is 1.60 bits per heavy atom. The molecule has 1 N–H and O–H groups in total. The molecule has 1 aliphatic carbocycles. The molecule has 2 atom stereocenters. The molecule has 2 aromatic rings. The molecule has 0 aliphatic heterocycles. The van der Waals surface area contributed by atoms with Crippen molar-refractivity contribution in [3.63, 3.8) is 0 Å². The lowest BCUT2D eigenvalue weighted by atomic mass is 9.71. The number of carbonyl (C=O) groups excluding carboxylic acids is 1. The summed E-state index contributed by atoms with van der Waals surface area (Å²) in [5.74, 6) is 0.0364. The standard InChI is InChI=1S/C18H18O2/c19-16-12-7-13-18(16,15-10-5-2-6-11-15)17(20)14-8-3-1-4-9-14/h1-6,8-11,16,19H,7,12-13H2/t16-,18-/m0/s1. The van der Waals surface area contributed by atoms with E-state index in [1.165, 1.54) is 0 Å². The van der Waals surface area contributed by atoms with Crippen LogP contribution in [0.1, 0.15) is 35.2 Å². The van der Waals surface area contributed by atoms with Crippen LogP contribution >= 0.6 is 0 Å². The zero-order valence-corrected chi connectivity index (χ0v) is 11.3. The van der Waals surface area contributed by atoms with Gasteiger partial charge in [-0.05, 0) is 24.8 Å². The Bertz CT molecular complexity index is 591. The molecule has 0 radical (unpaired) electrons. The summed E-state index contributed by atoms with van der Waals surface area (Å²) in [5, 5.41) is 10.5. The summed E-state index contributed by atoms with van der Waals surface area (Å²) in [6.45, 7) is 0. The van der Waals surface area contributed by atoms with E-state index >= 15 is 0 Å². The van der Waals surface area contributed by atoms with Gasteiger partial charge in [-0.15, -0.1) is 0 Å². The predicted octanol–water partition coefficient (Wildman–Crippen LogP) is 3.35. The second-order valence-corrected chi connectivity index (χ2v) is 5.44. The SMILES string of the molecule is O=C(c1ccccc1)[C@]1(c2ccccc2)CCC[C@@H]1O. The minimum Gasteiger partial charge on any atom is -0.392 e. The first-order chi connectivity index (χ1) is 9.75. The molecule has 0 aromatic heterocycles. The van der Waals surface area contributed by atoms with Gasteiger partial charge in [-0.1, -0.05) is 60.7 Å². The van der Waals surface area contributed by atoms with Gasteiger partial charge in [-0.25, -0.2) is 0 Å². The third-order valence-electron chi connectivity index (χ3n) is 4.35. The van der Waals surface area contributed by atoms with Gasteiger partial charge in [-0.2, -0.15) is 0 Å². The van der Waals surface area contributed by atoms with Crippen molar-refractivity contribution in [1.82, 2.24) is 0 Å². The van der Waals surface area contributed by atoms with Gasteiger partial charge in [-0.3, -0.25) is 4.79 Å². The molecule has 1 saturated carbocycles. The molecular weight excluding hydrogens is 248 g/mol. The van der Waals surface area contributed by atoms with E-state index in [0.29, 0.717) is 18.4 Å². The fraction of sp³-hybridized carbons (Fsp3) is 0.278. The number of benzene rings is 2. The van der Waals surface area contributed by atoms with Crippen molar-refractivity contribution in [2.24, 2.45) is 0 Å². The van der Waals surface area contributed by atoms with E-state index in [-0.39, 0.29) is 5.78 Å². The van der Waals surface area contributed by atoms with Crippen LogP contribution in [0.25, 0.3) is 0 Å². The third-order valence-corrected chi connectivity index (χ3v) is 4.35. The first kappa shape index (κ1) is 13.1. The molecule has 1 fully saturated rings. The minimum atomic E-state index is -0.775. The molecule has 0 unspecified atom stereocenters. The lowest BCUT2D eigenvalue weighted by Gasteiger charge is -2.32. The minimum absolute atomic E-state index is 0.0364. The monoisotopic (exact) mass is 266 g/mol. The Balaban J connectivity index is 2.10. The first-order valence-corrected chi connectivity index (χ1v) is 7.08. The molecule has 2 aromatic carbocycles. The van der Waals surface area contributed by atoms with Gasteiger partial charge >= 0.3 is 0 Å². The third kappa shape index (κ3) is 1.97. The van der Waals surface area contributed by atoms with Gasteiger partial charge in [0, 0.05) is 5.56 Å². The predicted molar refractivity (Wildman–Crippen MR) is 78.8 cm³/mol. The van der Waals surface area contributed by atoms with Crippen LogP contribution in [0.3, 0.4) is 0 Å². The van der Waals surface area contributed by atoms with Crippen molar-refractivity contribution in [2.45, 2.75) is 30.8 Å². The molecule has 102 valence electrons. The first-order valence-electron chi connectivity index (χ1n) is 7.08. The normalized spacial score (nSPS) is 25.6. The summed E-state index contributed by atoms with van der Waals surface area (Å²) < 4.78 is 0. The smallest absolute Gasteiger partial charge is 0.175 e. The van der Waals surface area contributed by atoms with Crippen molar-refractivity contribution in [3.05, 3.63) is 71.8 Å². The van der Waals surface area contributed by atoms with E-state index in [0.717, 1.165) is 12.0 Å². The summed E-state index contributed by atoms with van der Waals surface area (Å²) in [4.78, 5) is 13.0. The highest BCUT2D eigenvalue weighted by Gasteiger charge is 2.49. The van der Waals surface area contributed by atoms with Crippen molar-refractivity contribution < 1.29 is 9.90 Å². The average molecular weight is 266 g/mol. The molecule has 2 heteroatoms. The molecular formula is C18H18O2. The van der Waals surface area contributed by atoms with Crippen LogP contribution in [-0.2, 0) is 5.41 Å². The molecule has 0 bridgehead atoms. The van der Waals surface area contributed by atoms with Gasteiger partial charge < -0.3 is 5.11 Å². The number of carbonyl (C=O) groups is 1. The summed E-state index contributed by atoms with van der Waals surface area (Å²) >= 11 is 0. The van der Waals surface area contributed by atoms with E-state index in [1.807, 2.05) is 60.7 Å². The summed E-state index contributed by atoms with van der Waals surface area (Å²) in [5.41, 5.74) is 0.832. The maximum atomic E-state index is 13.0. The quantitative estimate of drug-likeness (QED) is 0.865. The zero-order valence-electron chi connectivity index (χ0n) is 11.3. The Labute approximate surface area is 119 Å². The molecule has 20 heavy (non-hydrogen) atoms. The summed E-state index contributed by atoms with van der Waals surface area (Å²) in [6, 6.07) is 19.0. The van der Waals surface area contributed by atoms with Gasteiger partial charge in [0.25, 0.3) is 0 Å². The number of aliphatic hydroxyl groups excluding tert-OH is 1. The average Bonchev–Trinajstić information content (AvgIpc) is 2.91. The Morgan fingerprint density at radius 3 is 2.15 bits per heavy atom. The fourth-order valence-electron chi connectivity index (χ4n) is 3.30. The fourth-order valence-corrected chi connectivity index (χ4v) is 3.30. The topological polar surface area (TPSA) is 37.3 Å². The highest BCUT2D eigenvalue weighted by Crippen LogP contribution is 2.43. The van der Waals surface area contributed by atoms with E-state index in [4.69, 9.17) is 0 Å². The van der Waals surface area contributed by atoms with E-state index in [2.05, 4.69) is 0 Å². The van der Waals surface area contributed by atoms with Crippen LogP contribution in [0.5, 0.6) is 0 Å². The summed E-state index contributed by atoms with van der Waals surface area (Å²) in [7, 11) is 0. The number of Topliss-reactive ketones (excluding diaryl/α,β-unsaturated/α-hetero) is 1. The van der Waals surface area contributed by atoms with Crippen LogP contribution in [0.2, 0.25) is 0 Å². The summed E-state index contributed by atoms with van der Waals surface area (Å²) in [6.07, 6.45) is 1.69. The van der Waals surface area contributed by atoms with Crippen LogP contribution in [0, 0.1) is 0 Å². The van der Waals surface area contributed by atoms with Gasteiger partial charge in [0.15, 0.2) is 5.78 Å². The Hall–Kier alpha value is -1.93. The number of aliphatic hydroxyl groups is 1. The molecule has 3 rings (SSSR count). The zero-order chi connectivity index (χ0) is 14.0. The molecule has 0 heterocycles. The molecule has 0 spiro atoms. The van der Waals surface area contributed by atoms with Gasteiger partial charge in [0.1, 0.15) is 0 Å². The number of hydrogen-bond acceptors (Lipinski definition) is 2. The van der Waals surface area contributed by atoms with Crippen LogP contribution in [-0.4, -0.2) is 17.0 Å². The lowest BCUT2D eigenvalue weighted by Crippen LogP contribution is -2.42. The molecule has 0 saturated heterocycles. The molecule has 0 amide bonds. The maximum Gasteiger partial charge on any atom is 0.175 e. The largest absolute Gasteiger partial charge is 0.392 e. The number of hydrogen-bond donors (Lipinski definition) is 1. The Morgan fingerprint density at radius 1 is 1.00 bits per heavy atom. The van der Waals surface area contributed by atoms with Gasteiger partial charge in [0.2, 0.25) is 0 Å². The van der Waals surface area contributed by atoms with Crippen molar-refractivity contribution in [2.75, 3.05) is 0 Å². The van der Waals surface area contributed by atoms with Gasteiger partial charge in [0.05, 0.1) is 11.5 Å². The van der Waals surface area contributed by atoms with Crippen LogP contribution < -0.4 is 0 Å². The lowest BCUT2D eigenvalue weighted by molar-refractivity contribution is 0.0655. The van der Waals surface area contributed by atoms with E-state index in [9.17, 15) is 9.90 Å². The molecule has 1 aliphatic rings. The maximum absolute atomic E-state index is 13.0. The molecule has 2 nitrogen and oxygen atoms in total. The highest BCUT2D eigenvalue weighted by atomic mass is 16.3. The van der Waals surface area contributed by atoms with Crippen molar-refractivity contribution in [1.29, 1.82) is 0 Å². The van der Waals surface area contributed by atoms with Crippen LogP contribution in [0.4, 0.5) is 0 Å². The number of ketones is 1. The van der Waals surface area contributed by atoms with Crippen molar-refractivity contribution >= 4 is 5.78 Å². The Kier molecular flexibility index (Phi) is 3.41. The van der Waals surface area contributed by atoms with Crippen molar-refractivity contribution in [3.8, 4) is 0 Å². The van der Waals surface area contributed by atoms with E-state index < -0.39 is 11.5 Å². The number of rotatable bonds is 3.